The van der Waals surface area contributed by atoms with E-state index in [0.717, 1.165) is 18.5 Å². The number of ether oxygens (including phenoxy) is 1. The zero-order valence-electron chi connectivity index (χ0n) is 9.86. The molecule has 1 aliphatic rings. The summed E-state index contributed by atoms with van der Waals surface area (Å²) in [6.45, 7) is 5.46. The van der Waals surface area contributed by atoms with Crippen molar-refractivity contribution in [2.75, 3.05) is 5.73 Å². The Morgan fingerprint density at radius 1 is 1.56 bits per heavy atom. The second kappa shape index (κ2) is 3.50. The van der Waals surface area contributed by atoms with E-state index in [2.05, 4.69) is 4.98 Å². The second-order valence-corrected chi connectivity index (χ2v) is 5.15. The van der Waals surface area contributed by atoms with Crippen LogP contribution in [0.15, 0.2) is 6.20 Å². The van der Waals surface area contributed by atoms with Gasteiger partial charge in [0.2, 0.25) is 5.95 Å². The van der Waals surface area contributed by atoms with Gasteiger partial charge in [-0.1, -0.05) is 0 Å². The van der Waals surface area contributed by atoms with Gasteiger partial charge in [-0.15, -0.1) is 0 Å². The van der Waals surface area contributed by atoms with Crippen molar-refractivity contribution < 1.29 is 9.53 Å². The van der Waals surface area contributed by atoms with E-state index in [1.165, 1.54) is 4.57 Å². The number of nitrogen functional groups attached to an aromatic ring is 1. The molecular formula is C11H17N3O2. The van der Waals surface area contributed by atoms with E-state index in [4.69, 9.17) is 10.5 Å². The normalized spacial score (nSPS) is 16.2. The molecule has 1 heterocycles. The topological polar surface area (TPSA) is 70.1 Å². The van der Waals surface area contributed by atoms with Crippen LogP contribution in [0.1, 0.15) is 45.2 Å². The largest absolute Gasteiger partial charge is 0.443 e. The van der Waals surface area contributed by atoms with Gasteiger partial charge in [-0.2, -0.15) is 0 Å². The highest BCUT2D eigenvalue weighted by Crippen LogP contribution is 2.39. The molecule has 0 aromatic carbocycles. The lowest BCUT2D eigenvalue weighted by atomic mass is 10.2. The van der Waals surface area contributed by atoms with Crippen LogP contribution >= 0.6 is 0 Å². The highest BCUT2D eigenvalue weighted by molar-refractivity contribution is 5.74. The van der Waals surface area contributed by atoms with Gasteiger partial charge in [-0.3, -0.25) is 0 Å². The van der Waals surface area contributed by atoms with Crippen LogP contribution < -0.4 is 5.73 Å². The number of hydrogen-bond donors (Lipinski definition) is 1. The van der Waals surface area contributed by atoms with Crippen LogP contribution in [0.2, 0.25) is 0 Å². The van der Waals surface area contributed by atoms with Crippen LogP contribution in [0.5, 0.6) is 0 Å². The summed E-state index contributed by atoms with van der Waals surface area (Å²) >= 11 is 0. The third-order valence-corrected chi connectivity index (χ3v) is 2.34. The van der Waals surface area contributed by atoms with Gasteiger partial charge in [0.05, 0.1) is 5.69 Å². The van der Waals surface area contributed by atoms with E-state index < -0.39 is 11.7 Å². The maximum absolute atomic E-state index is 11.8. The van der Waals surface area contributed by atoms with Gasteiger partial charge < -0.3 is 10.5 Å². The lowest BCUT2D eigenvalue weighted by Crippen LogP contribution is -2.27. The van der Waals surface area contributed by atoms with Crippen molar-refractivity contribution in [2.45, 2.75) is 45.1 Å². The summed E-state index contributed by atoms with van der Waals surface area (Å²) in [5, 5.41) is 0. The summed E-state index contributed by atoms with van der Waals surface area (Å²) < 4.78 is 6.50. The molecule has 1 fully saturated rings. The quantitative estimate of drug-likeness (QED) is 0.791. The molecule has 0 radical (unpaired) electrons. The Morgan fingerprint density at radius 3 is 2.69 bits per heavy atom. The lowest BCUT2D eigenvalue weighted by molar-refractivity contribution is 0.0540. The van der Waals surface area contributed by atoms with Crippen molar-refractivity contribution in [3.8, 4) is 0 Å². The van der Waals surface area contributed by atoms with Crippen molar-refractivity contribution in [1.82, 2.24) is 9.55 Å². The van der Waals surface area contributed by atoms with Gasteiger partial charge >= 0.3 is 6.09 Å². The molecular weight excluding hydrogens is 206 g/mol. The minimum atomic E-state index is -0.520. The van der Waals surface area contributed by atoms with Gasteiger partial charge in [0.25, 0.3) is 0 Å². The second-order valence-electron chi connectivity index (χ2n) is 5.15. The molecule has 2 N–H and O–H groups in total. The number of nitrogens with two attached hydrogens (primary N) is 1. The molecule has 1 aliphatic carbocycles. The van der Waals surface area contributed by atoms with Crippen LogP contribution in [-0.4, -0.2) is 21.2 Å². The summed E-state index contributed by atoms with van der Waals surface area (Å²) in [7, 11) is 0. The molecule has 0 atom stereocenters. The number of imidazole rings is 1. The van der Waals surface area contributed by atoms with E-state index in [1.807, 2.05) is 20.8 Å². The zero-order chi connectivity index (χ0) is 11.9. The Morgan fingerprint density at radius 2 is 2.19 bits per heavy atom. The van der Waals surface area contributed by atoms with Crippen molar-refractivity contribution in [3.05, 3.63) is 11.9 Å². The van der Waals surface area contributed by atoms with E-state index in [-0.39, 0.29) is 5.95 Å². The molecule has 0 aliphatic heterocycles. The van der Waals surface area contributed by atoms with E-state index >= 15 is 0 Å². The monoisotopic (exact) mass is 223 g/mol. The first-order valence-corrected chi connectivity index (χ1v) is 5.45. The van der Waals surface area contributed by atoms with E-state index in [9.17, 15) is 4.79 Å². The molecule has 1 saturated carbocycles. The predicted octanol–water partition coefficient (Wildman–Crippen LogP) is 2.13. The number of hydrogen-bond acceptors (Lipinski definition) is 4. The van der Waals surface area contributed by atoms with Crippen LogP contribution in [-0.2, 0) is 4.74 Å². The first-order valence-electron chi connectivity index (χ1n) is 5.45. The third kappa shape index (κ3) is 2.35. The van der Waals surface area contributed by atoms with Gasteiger partial charge in [-0.25, -0.2) is 14.3 Å². The van der Waals surface area contributed by atoms with Gasteiger partial charge in [0.1, 0.15) is 5.60 Å². The van der Waals surface area contributed by atoms with Gasteiger partial charge in [0.15, 0.2) is 0 Å². The summed E-state index contributed by atoms with van der Waals surface area (Å²) in [5.41, 5.74) is 6.05. The average Bonchev–Trinajstić information content (AvgIpc) is 2.87. The molecule has 0 bridgehead atoms. The highest BCUT2D eigenvalue weighted by atomic mass is 16.6. The predicted molar refractivity (Wildman–Crippen MR) is 60.2 cm³/mol. The molecule has 5 nitrogen and oxygen atoms in total. The van der Waals surface area contributed by atoms with Crippen molar-refractivity contribution in [3.63, 3.8) is 0 Å². The van der Waals surface area contributed by atoms with Crippen molar-refractivity contribution in [1.29, 1.82) is 0 Å². The van der Waals surface area contributed by atoms with Crippen LogP contribution in [0.25, 0.3) is 0 Å². The molecule has 1 aromatic rings. The molecule has 0 saturated heterocycles. The fourth-order valence-electron chi connectivity index (χ4n) is 1.45. The lowest BCUT2D eigenvalue weighted by Gasteiger charge is -2.19. The van der Waals surface area contributed by atoms with Gasteiger partial charge in [0, 0.05) is 12.1 Å². The van der Waals surface area contributed by atoms with E-state index in [1.54, 1.807) is 6.20 Å². The van der Waals surface area contributed by atoms with Crippen LogP contribution in [0.3, 0.4) is 0 Å². The molecule has 0 spiro atoms. The molecule has 2 rings (SSSR count). The van der Waals surface area contributed by atoms with E-state index in [0.29, 0.717) is 5.92 Å². The Balaban J connectivity index is 2.16. The molecule has 1 aromatic heterocycles. The number of carbonyl (C=O) groups is 1. The van der Waals surface area contributed by atoms with Crippen LogP contribution in [0.4, 0.5) is 10.7 Å². The summed E-state index contributed by atoms with van der Waals surface area (Å²) in [6.07, 6.45) is 3.47. The third-order valence-electron chi connectivity index (χ3n) is 2.34. The number of anilines is 1. The van der Waals surface area contributed by atoms with Crippen molar-refractivity contribution >= 4 is 12.0 Å². The zero-order valence-corrected chi connectivity index (χ0v) is 9.86. The molecule has 0 amide bonds. The Labute approximate surface area is 94.6 Å². The first-order chi connectivity index (χ1) is 7.37. The minimum Gasteiger partial charge on any atom is -0.443 e. The Bertz CT molecular complexity index is 413. The molecule has 88 valence electrons. The van der Waals surface area contributed by atoms with Crippen LogP contribution in [0, 0.1) is 0 Å². The average molecular weight is 223 g/mol. The number of rotatable bonds is 1. The molecule has 0 unspecified atom stereocenters. The summed E-state index contributed by atoms with van der Waals surface area (Å²) in [5.74, 6) is 0.683. The minimum absolute atomic E-state index is 0.205. The van der Waals surface area contributed by atoms with Gasteiger partial charge in [-0.05, 0) is 33.6 Å². The molecule has 16 heavy (non-hydrogen) atoms. The maximum Gasteiger partial charge on any atom is 0.421 e. The number of aromatic nitrogens is 2. The maximum atomic E-state index is 11.8. The first kappa shape index (κ1) is 11.0. The smallest absolute Gasteiger partial charge is 0.421 e. The standard InChI is InChI=1S/C11H17N3O2/c1-11(2,3)16-10(15)14-6-8(7-4-5-7)13-9(14)12/h6-7H,4-5H2,1-3H3,(H2,12,13). The summed E-state index contributed by atoms with van der Waals surface area (Å²) in [6, 6.07) is 0. The Hall–Kier alpha value is -1.52. The fraction of sp³-hybridized carbons (Fsp3) is 0.636. The number of carbonyl (C=O) groups excluding carboxylic acids is 1. The van der Waals surface area contributed by atoms with Crippen molar-refractivity contribution in [2.24, 2.45) is 0 Å². The SMILES string of the molecule is CC(C)(C)OC(=O)n1cc(C2CC2)nc1N. The fourth-order valence-corrected chi connectivity index (χ4v) is 1.45. The molecule has 5 heteroatoms. The highest BCUT2D eigenvalue weighted by Gasteiger charge is 2.28. The summed E-state index contributed by atoms with van der Waals surface area (Å²) in [4.78, 5) is 15.9. The Kier molecular flexibility index (Phi) is 2.40. The number of nitrogens with zero attached hydrogens (tertiary/aromatic N) is 2.